The van der Waals surface area contributed by atoms with Crippen molar-refractivity contribution in [1.82, 2.24) is 0 Å². The number of anilines is 2. The van der Waals surface area contributed by atoms with Crippen LogP contribution in [0.15, 0.2) is 131 Å². The average Bonchev–Trinajstić information content (AvgIpc) is 3.08. The maximum atomic E-state index is 14.1. The van der Waals surface area contributed by atoms with Gasteiger partial charge < -0.3 is 0 Å². The van der Waals surface area contributed by atoms with Crippen LogP contribution in [-0.4, -0.2) is 28.6 Å². The summed E-state index contributed by atoms with van der Waals surface area (Å²) in [7, 11) is -9.49. The van der Waals surface area contributed by atoms with Crippen molar-refractivity contribution in [3.8, 4) is 0 Å². The van der Waals surface area contributed by atoms with Gasteiger partial charge >= 0.3 is 0 Å². The zero-order valence-electron chi connectivity index (χ0n) is 23.2. The first kappa shape index (κ1) is 33.5. The third-order valence-electron chi connectivity index (χ3n) is 6.60. The minimum absolute atomic E-state index is 0.0574. The van der Waals surface area contributed by atoms with Crippen molar-refractivity contribution in [2.75, 3.05) is 8.61 Å². The number of carbonyl (C=O) groups excluding carboxylic acids is 2. The first-order valence-electron chi connectivity index (χ1n) is 13.1. The number of amides is 2. The smallest absolute Gasteiger partial charge is 0.268 e. The highest BCUT2D eigenvalue weighted by Crippen LogP contribution is 2.52. The molecule has 0 aliphatic heterocycles. The molecule has 0 spiro atoms. The SMILES string of the molecule is O=C(c1ccccc1)N(c1c(Cl)c(Cl)c(N(C(=O)c2ccccc2)S(=O)(=O)c2ccccc2)c(Cl)c1Cl)S(=O)(=O)c1ccccc1. The van der Waals surface area contributed by atoms with Gasteiger partial charge in [0.1, 0.15) is 11.4 Å². The van der Waals surface area contributed by atoms with Crippen molar-refractivity contribution in [1.29, 1.82) is 0 Å². The van der Waals surface area contributed by atoms with E-state index in [1.807, 2.05) is 0 Å². The highest BCUT2D eigenvalue weighted by atomic mass is 35.5. The molecule has 0 N–H and O–H groups in total. The van der Waals surface area contributed by atoms with Crippen molar-refractivity contribution in [2.45, 2.75) is 9.79 Å². The van der Waals surface area contributed by atoms with Crippen LogP contribution in [0, 0.1) is 0 Å². The van der Waals surface area contributed by atoms with Crippen molar-refractivity contribution in [2.24, 2.45) is 0 Å². The van der Waals surface area contributed by atoms with E-state index in [1.165, 1.54) is 97.1 Å². The lowest BCUT2D eigenvalue weighted by molar-refractivity contribution is 0.0996. The lowest BCUT2D eigenvalue weighted by Crippen LogP contribution is -2.39. The van der Waals surface area contributed by atoms with E-state index in [4.69, 9.17) is 46.4 Å². The Bertz CT molecular complexity index is 1970. The lowest BCUT2D eigenvalue weighted by atomic mass is 10.2. The van der Waals surface area contributed by atoms with Crippen LogP contribution in [0.1, 0.15) is 20.7 Å². The fourth-order valence-corrected chi connectivity index (χ4v) is 8.71. The largest absolute Gasteiger partial charge is 0.272 e. The third kappa shape index (κ3) is 6.12. The van der Waals surface area contributed by atoms with Crippen LogP contribution in [0.3, 0.4) is 0 Å². The molecule has 0 aromatic heterocycles. The van der Waals surface area contributed by atoms with Crippen LogP contribution in [0.2, 0.25) is 20.1 Å². The van der Waals surface area contributed by atoms with Crippen LogP contribution in [0.25, 0.3) is 0 Å². The van der Waals surface area contributed by atoms with Gasteiger partial charge in [-0.3, -0.25) is 9.59 Å². The summed E-state index contributed by atoms with van der Waals surface area (Å²) in [6.45, 7) is 0. The van der Waals surface area contributed by atoms with Gasteiger partial charge in [-0.15, -0.1) is 0 Å². The van der Waals surface area contributed by atoms with Gasteiger partial charge in [0, 0.05) is 11.1 Å². The number of benzene rings is 5. The molecule has 0 radical (unpaired) electrons. The molecule has 0 aliphatic carbocycles. The maximum Gasteiger partial charge on any atom is 0.272 e. The van der Waals surface area contributed by atoms with E-state index in [0.717, 1.165) is 0 Å². The fourth-order valence-electron chi connectivity index (χ4n) is 4.42. The fraction of sp³-hybridized carbons (Fsp3) is 0. The standard InChI is InChI=1S/C32H20Cl4N2O6S2/c33-25-27(35)30(38(32(40)22-15-7-2-8-16-22)46(43,44)24-19-11-4-12-20-24)28(36)26(34)29(25)37(31(39)21-13-5-1-6-14-21)45(41,42)23-17-9-3-10-18-23/h1-20H. The number of carbonyl (C=O) groups is 2. The molecule has 8 nitrogen and oxygen atoms in total. The monoisotopic (exact) mass is 732 g/mol. The molecule has 0 heterocycles. The summed E-state index contributed by atoms with van der Waals surface area (Å²) in [5, 5.41) is -2.65. The summed E-state index contributed by atoms with van der Waals surface area (Å²) in [5.74, 6) is -2.13. The Labute approximate surface area is 285 Å². The lowest BCUT2D eigenvalue weighted by Gasteiger charge is -2.29. The Kier molecular flexibility index (Phi) is 9.78. The van der Waals surface area contributed by atoms with Gasteiger partial charge in [0.15, 0.2) is 0 Å². The molecular formula is C32H20Cl4N2O6S2. The number of nitrogens with zero attached hydrogens (tertiary/aromatic N) is 2. The molecular weight excluding hydrogens is 714 g/mol. The predicted octanol–water partition coefficient (Wildman–Crippen LogP) is 8.37. The summed E-state index contributed by atoms with van der Waals surface area (Å²) < 4.78 is 57.0. The van der Waals surface area contributed by atoms with Crippen molar-refractivity contribution >= 4 is 89.6 Å². The van der Waals surface area contributed by atoms with Crippen LogP contribution in [0.5, 0.6) is 0 Å². The van der Waals surface area contributed by atoms with Gasteiger partial charge in [-0.05, 0) is 48.5 Å². The molecule has 0 aliphatic rings. The second kappa shape index (κ2) is 13.4. The van der Waals surface area contributed by atoms with Gasteiger partial charge in [-0.1, -0.05) is 119 Å². The number of halogens is 4. The molecule has 46 heavy (non-hydrogen) atoms. The van der Waals surface area contributed by atoms with E-state index in [0.29, 0.717) is 8.61 Å². The summed E-state index contributed by atoms with van der Waals surface area (Å²) in [5.41, 5.74) is -1.41. The second-order valence-corrected chi connectivity index (χ2v) is 14.5. The molecule has 0 saturated heterocycles. The molecule has 5 rings (SSSR count). The minimum atomic E-state index is -4.74. The molecule has 5 aromatic rings. The van der Waals surface area contributed by atoms with Gasteiger partial charge in [0.2, 0.25) is 0 Å². The molecule has 0 fully saturated rings. The second-order valence-electron chi connectivity index (χ2n) is 9.46. The van der Waals surface area contributed by atoms with Crippen molar-refractivity contribution in [3.63, 3.8) is 0 Å². The van der Waals surface area contributed by atoms with Crippen LogP contribution >= 0.6 is 46.4 Å². The van der Waals surface area contributed by atoms with Gasteiger partial charge in [0.25, 0.3) is 31.9 Å². The number of sulfonamides is 2. The predicted molar refractivity (Wildman–Crippen MR) is 180 cm³/mol. The topological polar surface area (TPSA) is 109 Å². The van der Waals surface area contributed by atoms with Gasteiger partial charge in [0.05, 0.1) is 29.9 Å². The average molecular weight is 734 g/mol. The van der Waals surface area contributed by atoms with E-state index >= 15 is 0 Å². The molecule has 234 valence electrons. The molecule has 0 unspecified atom stereocenters. The Balaban J connectivity index is 1.82. The number of rotatable bonds is 8. The molecule has 5 aromatic carbocycles. The molecule has 2 amide bonds. The summed E-state index contributed by atoms with van der Waals surface area (Å²) in [6, 6.07) is 28.8. The van der Waals surface area contributed by atoms with E-state index in [9.17, 15) is 26.4 Å². The Morgan fingerprint density at radius 1 is 0.413 bits per heavy atom. The molecule has 14 heteroatoms. The van der Waals surface area contributed by atoms with E-state index in [1.54, 1.807) is 24.3 Å². The van der Waals surface area contributed by atoms with Crippen molar-refractivity contribution < 1.29 is 26.4 Å². The van der Waals surface area contributed by atoms with Crippen molar-refractivity contribution in [3.05, 3.63) is 153 Å². The Morgan fingerprint density at radius 3 is 0.913 bits per heavy atom. The minimum Gasteiger partial charge on any atom is -0.268 e. The highest BCUT2D eigenvalue weighted by molar-refractivity contribution is 7.94. The maximum absolute atomic E-state index is 14.1. The Morgan fingerprint density at radius 2 is 0.652 bits per heavy atom. The van der Waals surface area contributed by atoms with Gasteiger partial charge in [-0.25, -0.2) is 16.8 Å². The molecule has 0 saturated carbocycles. The van der Waals surface area contributed by atoms with E-state index in [-0.39, 0.29) is 20.9 Å². The normalized spacial score (nSPS) is 11.6. The van der Waals surface area contributed by atoms with Crippen LogP contribution < -0.4 is 8.61 Å². The van der Waals surface area contributed by atoms with Gasteiger partial charge in [-0.2, -0.15) is 8.61 Å². The first-order valence-corrected chi connectivity index (χ1v) is 17.5. The quantitative estimate of drug-likeness (QED) is 0.148. The van der Waals surface area contributed by atoms with Crippen LogP contribution in [0.4, 0.5) is 11.4 Å². The van der Waals surface area contributed by atoms with Crippen LogP contribution in [-0.2, 0) is 20.0 Å². The molecule has 0 bridgehead atoms. The third-order valence-corrected chi connectivity index (χ3v) is 11.7. The van der Waals surface area contributed by atoms with E-state index in [2.05, 4.69) is 0 Å². The number of hydrogen-bond acceptors (Lipinski definition) is 6. The number of hydrogen-bond donors (Lipinski definition) is 0. The summed E-state index contributed by atoms with van der Waals surface area (Å²) in [4.78, 5) is 27.3. The zero-order chi connectivity index (χ0) is 33.2. The zero-order valence-corrected chi connectivity index (χ0v) is 27.9. The summed E-state index contributed by atoms with van der Waals surface area (Å²) in [6.07, 6.45) is 0. The molecule has 0 atom stereocenters. The Hall–Kier alpha value is -3.90. The van der Waals surface area contributed by atoms with E-state index < -0.39 is 63.3 Å². The highest BCUT2D eigenvalue weighted by Gasteiger charge is 2.41. The first-order chi connectivity index (χ1) is 21.9. The summed E-state index contributed by atoms with van der Waals surface area (Å²) >= 11 is 26.9.